The van der Waals surface area contributed by atoms with Gasteiger partial charge in [0.2, 0.25) is 5.91 Å². The Morgan fingerprint density at radius 3 is 2.72 bits per heavy atom. The van der Waals surface area contributed by atoms with E-state index in [2.05, 4.69) is 15.0 Å². The summed E-state index contributed by atoms with van der Waals surface area (Å²) in [5, 5.41) is 2.33. The fourth-order valence-corrected chi connectivity index (χ4v) is 3.02. The zero-order valence-electron chi connectivity index (χ0n) is 14.1. The number of aromatic nitrogens is 2. The standard InChI is InChI=1S/C16H19N3O5S/c1-10(13(20)18-16(22)24-3)25-15-17-12-7-5-4-6-11(12)14(21)19(15)8-9-23-2/h4-7,10H,8-9H2,1-3H3,(H,18,20,22)/t10-/m0/s1. The maximum Gasteiger partial charge on any atom is 0.413 e. The first-order chi connectivity index (χ1) is 12.0. The summed E-state index contributed by atoms with van der Waals surface area (Å²) < 4.78 is 10.9. The molecule has 2 aromatic rings. The van der Waals surface area contributed by atoms with Gasteiger partial charge in [-0.3, -0.25) is 19.5 Å². The molecule has 0 unspecified atom stereocenters. The van der Waals surface area contributed by atoms with E-state index in [0.717, 1.165) is 11.8 Å². The van der Waals surface area contributed by atoms with Crippen LogP contribution in [0.25, 0.3) is 10.9 Å². The number of nitrogens with zero attached hydrogens (tertiary/aromatic N) is 2. The fraction of sp³-hybridized carbons (Fsp3) is 0.375. The van der Waals surface area contributed by atoms with Crippen molar-refractivity contribution in [3.8, 4) is 0 Å². The molecule has 0 aliphatic rings. The summed E-state index contributed by atoms with van der Waals surface area (Å²) in [4.78, 5) is 40.4. The van der Waals surface area contributed by atoms with Crippen molar-refractivity contribution < 1.29 is 19.1 Å². The molecular formula is C16H19N3O5S. The van der Waals surface area contributed by atoms with E-state index in [0.29, 0.717) is 29.2 Å². The lowest BCUT2D eigenvalue weighted by atomic mass is 10.2. The number of nitrogens with one attached hydrogen (secondary N) is 1. The second-order valence-electron chi connectivity index (χ2n) is 5.10. The summed E-state index contributed by atoms with van der Waals surface area (Å²) in [6.07, 6.45) is -0.833. The summed E-state index contributed by atoms with van der Waals surface area (Å²) in [5.41, 5.74) is 0.343. The molecule has 0 saturated carbocycles. The smallest absolute Gasteiger partial charge is 0.413 e. The van der Waals surface area contributed by atoms with Crippen LogP contribution in [-0.2, 0) is 20.8 Å². The molecule has 134 valence electrons. The van der Waals surface area contributed by atoms with E-state index in [1.165, 1.54) is 11.7 Å². The molecule has 1 aromatic heterocycles. The van der Waals surface area contributed by atoms with Crippen LogP contribution in [0.1, 0.15) is 6.92 Å². The van der Waals surface area contributed by atoms with Gasteiger partial charge in [0.15, 0.2) is 5.16 Å². The summed E-state index contributed by atoms with van der Waals surface area (Å²) in [7, 11) is 2.71. The van der Waals surface area contributed by atoms with Crippen LogP contribution in [0.3, 0.4) is 0 Å². The predicted octanol–water partition coefficient (Wildman–Crippen LogP) is 1.41. The van der Waals surface area contributed by atoms with Gasteiger partial charge >= 0.3 is 6.09 Å². The molecule has 2 amide bonds. The molecule has 0 aliphatic heterocycles. The summed E-state index contributed by atoms with van der Waals surface area (Å²) >= 11 is 1.09. The first-order valence-corrected chi connectivity index (χ1v) is 8.40. The SMILES string of the molecule is COCCn1c(S[C@@H](C)C(=O)NC(=O)OC)nc2ccccc2c1=O. The lowest BCUT2D eigenvalue weighted by Gasteiger charge is -2.15. The third-order valence-corrected chi connectivity index (χ3v) is 4.50. The van der Waals surface area contributed by atoms with Gasteiger partial charge in [-0.2, -0.15) is 0 Å². The van der Waals surface area contributed by atoms with Crippen molar-refractivity contribution >= 4 is 34.7 Å². The Morgan fingerprint density at radius 2 is 2.04 bits per heavy atom. The van der Waals surface area contributed by atoms with E-state index < -0.39 is 17.3 Å². The molecule has 1 atom stereocenters. The number of thioether (sulfide) groups is 1. The molecule has 0 radical (unpaired) electrons. The van der Waals surface area contributed by atoms with Crippen LogP contribution in [0, 0.1) is 0 Å². The fourth-order valence-electron chi connectivity index (χ4n) is 2.08. The number of carbonyl (C=O) groups is 2. The number of amides is 2. The van der Waals surface area contributed by atoms with Crippen LogP contribution < -0.4 is 10.9 Å². The third kappa shape index (κ3) is 4.58. The van der Waals surface area contributed by atoms with Crippen LogP contribution in [0.5, 0.6) is 0 Å². The van der Waals surface area contributed by atoms with Crippen molar-refractivity contribution in [3.63, 3.8) is 0 Å². The maximum absolute atomic E-state index is 12.7. The molecular weight excluding hydrogens is 346 g/mol. The highest BCUT2D eigenvalue weighted by molar-refractivity contribution is 8.00. The van der Waals surface area contributed by atoms with Crippen LogP contribution in [0.15, 0.2) is 34.2 Å². The van der Waals surface area contributed by atoms with Gasteiger partial charge in [0.25, 0.3) is 5.56 Å². The number of ether oxygens (including phenoxy) is 2. The van der Waals surface area contributed by atoms with Crippen LogP contribution in [0.2, 0.25) is 0 Å². The van der Waals surface area contributed by atoms with Crippen molar-refractivity contribution in [2.24, 2.45) is 0 Å². The molecule has 8 nitrogen and oxygen atoms in total. The van der Waals surface area contributed by atoms with E-state index in [1.807, 2.05) is 0 Å². The minimum absolute atomic E-state index is 0.203. The molecule has 0 fully saturated rings. The maximum atomic E-state index is 12.7. The molecule has 0 aliphatic carbocycles. The second-order valence-corrected chi connectivity index (χ2v) is 6.41. The number of rotatable bonds is 6. The first kappa shape index (κ1) is 18.9. The molecule has 1 heterocycles. The van der Waals surface area contributed by atoms with Crippen molar-refractivity contribution in [3.05, 3.63) is 34.6 Å². The first-order valence-electron chi connectivity index (χ1n) is 7.52. The second kappa shape index (κ2) is 8.63. The van der Waals surface area contributed by atoms with Crippen molar-refractivity contribution in [2.75, 3.05) is 20.8 Å². The van der Waals surface area contributed by atoms with Crippen molar-refractivity contribution in [2.45, 2.75) is 23.9 Å². The normalized spacial score (nSPS) is 12.0. The van der Waals surface area contributed by atoms with E-state index in [4.69, 9.17) is 4.74 Å². The highest BCUT2D eigenvalue weighted by Crippen LogP contribution is 2.22. The predicted molar refractivity (Wildman–Crippen MR) is 93.7 cm³/mol. The number of alkyl carbamates (subject to hydrolysis) is 1. The highest BCUT2D eigenvalue weighted by Gasteiger charge is 2.21. The van der Waals surface area contributed by atoms with Gasteiger partial charge in [-0.1, -0.05) is 23.9 Å². The van der Waals surface area contributed by atoms with Gasteiger partial charge < -0.3 is 9.47 Å². The summed E-state index contributed by atoms with van der Waals surface area (Å²) in [6.45, 7) is 2.25. The molecule has 9 heteroatoms. The number of fused-ring (bicyclic) bond motifs is 1. The minimum atomic E-state index is -0.833. The molecule has 0 bridgehead atoms. The van der Waals surface area contributed by atoms with Gasteiger partial charge in [-0.25, -0.2) is 9.78 Å². The van der Waals surface area contributed by atoms with E-state index in [1.54, 1.807) is 38.3 Å². The zero-order valence-corrected chi connectivity index (χ0v) is 15.0. The topological polar surface area (TPSA) is 99.5 Å². The quantitative estimate of drug-likeness (QED) is 0.610. The third-order valence-electron chi connectivity index (χ3n) is 3.41. The largest absolute Gasteiger partial charge is 0.453 e. The molecule has 1 aromatic carbocycles. The Hall–Kier alpha value is -2.39. The molecule has 0 spiro atoms. The summed E-state index contributed by atoms with van der Waals surface area (Å²) in [6, 6.07) is 7.00. The number of hydrogen-bond acceptors (Lipinski definition) is 7. The highest BCUT2D eigenvalue weighted by atomic mass is 32.2. The molecule has 2 rings (SSSR count). The van der Waals surface area contributed by atoms with Crippen molar-refractivity contribution in [1.29, 1.82) is 0 Å². The Bertz CT molecular complexity index is 836. The Balaban J connectivity index is 2.36. The number of hydrogen-bond donors (Lipinski definition) is 1. The Morgan fingerprint density at radius 1 is 1.32 bits per heavy atom. The monoisotopic (exact) mass is 365 g/mol. The van der Waals surface area contributed by atoms with Crippen LogP contribution in [0.4, 0.5) is 4.79 Å². The van der Waals surface area contributed by atoms with Crippen molar-refractivity contribution in [1.82, 2.24) is 14.9 Å². The lowest BCUT2D eigenvalue weighted by Crippen LogP contribution is -2.36. The number of carbonyl (C=O) groups excluding carboxylic acids is 2. The number of imide groups is 1. The molecule has 1 N–H and O–H groups in total. The van der Waals surface area contributed by atoms with E-state index in [9.17, 15) is 14.4 Å². The molecule has 25 heavy (non-hydrogen) atoms. The number of para-hydroxylation sites is 1. The van der Waals surface area contributed by atoms with Gasteiger partial charge in [0, 0.05) is 7.11 Å². The minimum Gasteiger partial charge on any atom is -0.453 e. The lowest BCUT2D eigenvalue weighted by molar-refractivity contribution is -0.119. The summed E-state index contributed by atoms with van der Waals surface area (Å²) in [5.74, 6) is -0.530. The van der Waals surface area contributed by atoms with E-state index in [-0.39, 0.29) is 5.56 Å². The Kier molecular flexibility index (Phi) is 6.54. The zero-order chi connectivity index (χ0) is 18.4. The average Bonchev–Trinajstić information content (AvgIpc) is 2.61. The van der Waals surface area contributed by atoms with Crippen LogP contribution >= 0.6 is 11.8 Å². The average molecular weight is 365 g/mol. The molecule has 0 saturated heterocycles. The van der Waals surface area contributed by atoms with Gasteiger partial charge in [-0.15, -0.1) is 0 Å². The Labute approximate surface area is 148 Å². The number of methoxy groups -OCH3 is 2. The van der Waals surface area contributed by atoms with Gasteiger partial charge in [-0.05, 0) is 19.1 Å². The van der Waals surface area contributed by atoms with Crippen LogP contribution in [-0.4, -0.2) is 47.6 Å². The van der Waals surface area contributed by atoms with Gasteiger partial charge in [0.1, 0.15) is 0 Å². The number of benzene rings is 1. The van der Waals surface area contributed by atoms with E-state index >= 15 is 0 Å². The van der Waals surface area contributed by atoms with Gasteiger partial charge in [0.05, 0.1) is 36.4 Å².